The van der Waals surface area contributed by atoms with E-state index >= 15 is 0 Å². The lowest BCUT2D eigenvalue weighted by molar-refractivity contribution is -0.125. The second kappa shape index (κ2) is 8.87. The van der Waals surface area contributed by atoms with E-state index in [4.69, 9.17) is 51.1 Å². The summed E-state index contributed by atoms with van der Waals surface area (Å²) in [5, 5.41) is 3.71. The Bertz CT molecular complexity index is 1330. The SMILES string of the molecule is O=C1Oc2c(Cl)c(Cl)c(Cl)c(Cl)c2C1=P(c1ccccc1)(c1ccccc1)c1ccccc1. The Kier molecular flexibility index (Phi) is 6.07. The Balaban J connectivity index is 2.11. The minimum Gasteiger partial charge on any atom is -0.420 e. The summed E-state index contributed by atoms with van der Waals surface area (Å²) in [5.74, 6) is -0.375. The normalized spacial score (nSPS) is 13.1. The third kappa shape index (κ3) is 3.44. The van der Waals surface area contributed by atoms with E-state index in [1.807, 2.05) is 91.0 Å². The first-order valence-electron chi connectivity index (χ1n) is 9.99. The van der Waals surface area contributed by atoms with Crippen LogP contribution >= 0.6 is 53.3 Å². The van der Waals surface area contributed by atoms with Crippen LogP contribution in [0.15, 0.2) is 91.0 Å². The van der Waals surface area contributed by atoms with Gasteiger partial charge in [0.2, 0.25) is 0 Å². The number of carbonyl (C=O) groups excluding carboxylic acids is 1. The van der Waals surface area contributed by atoms with Crippen molar-refractivity contribution in [3.05, 3.63) is 117 Å². The van der Waals surface area contributed by atoms with Gasteiger partial charge in [0.05, 0.1) is 25.9 Å². The van der Waals surface area contributed by atoms with Gasteiger partial charge in [-0.1, -0.05) is 137 Å². The Morgan fingerprint density at radius 2 is 0.939 bits per heavy atom. The summed E-state index contributed by atoms with van der Waals surface area (Å²) in [6.07, 6.45) is 0. The molecule has 0 saturated heterocycles. The average molecular weight is 532 g/mol. The second-order valence-electron chi connectivity index (χ2n) is 7.38. The van der Waals surface area contributed by atoms with E-state index < -0.39 is 12.9 Å². The van der Waals surface area contributed by atoms with Crippen molar-refractivity contribution in [2.45, 2.75) is 0 Å². The molecular formula is C26H15Cl4O2P. The molecule has 0 aliphatic carbocycles. The summed E-state index contributed by atoms with van der Waals surface area (Å²) in [4.78, 5) is 13.7. The topological polar surface area (TPSA) is 26.3 Å². The lowest BCUT2D eigenvalue weighted by Crippen LogP contribution is -2.33. The fourth-order valence-corrected chi connectivity index (χ4v) is 9.69. The number of fused-ring (bicyclic) bond motifs is 1. The van der Waals surface area contributed by atoms with E-state index in [9.17, 15) is 4.79 Å². The van der Waals surface area contributed by atoms with Crippen LogP contribution in [0.1, 0.15) is 5.56 Å². The summed E-state index contributed by atoms with van der Waals surface area (Å²) in [6, 6.07) is 29.8. The third-order valence-corrected chi connectivity index (χ3v) is 11.7. The number of benzene rings is 4. The summed E-state index contributed by atoms with van der Waals surface area (Å²) in [6.45, 7) is -2.77. The van der Waals surface area contributed by atoms with E-state index in [-0.39, 0.29) is 25.8 Å². The number of halogens is 4. The van der Waals surface area contributed by atoms with E-state index in [1.165, 1.54) is 0 Å². The van der Waals surface area contributed by atoms with Gasteiger partial charge in [0.15, 0.2) is 5.75 Å². The molecule has 0 spiro atoms. The molecule has 0 atom stereocenters. The van der Waals surface area contributed by atoms with Crippen LogP contribution in [0.3, 0.4) is 0 Å². The van der Waals surface area contributed by atoms with Gasteiger partial charge in [0, 0.05) is 0 Å². The standard InChI is InChI=1S/C26H15Cl4O2P/c27-20-19-24(23(30)22(29)21(20)28)32-26(31)25(19)33(16-10-4-1-5-11-16,17-12-6-2-7-13-17)18-14-8-3-9-15-18/h1-15H. The van der Waals surface area contributed by atoms with Crippen molar-refractivity contribution in [2.75, 3.05) is 0 Å². The van der Waals surface area contributed by atoms with Crippen molar-refractivity contribution in [3.8, 4) is 5.75 Å². The number of hydrogen-bond donors (Lipinski definition) is 0. The van der Waals surface area contributed by atoms with E-state index in [1.54, 1.807) is 0 Å². The minimum atomic E-state index is -2.77. The van der Waals surface area contributed by atoms with E-state index in [2.05, 4.69) is 0 Å². The summed E-state index contributed by atoms with van der Waals surface area (Å²) < 4.78 is 5.73. The molecule has 0 radical (unpaired) electrons. The Morgan fingerprint density at radius 1 is 0.545 bits per heavy atom. The largest absolute Gasteiger partial charge is 0.420 e. The highest BCUT2D eigenvalue weighted by Gasteiger charge is 2.43. The monoisotopic (exact) mass is 530 g/mol. The van der Waals surface area contributed by atoms with Crippen molar-refractivity contribution < 1.29 is 9.53 Å². The van der Waals surface area contributed by atoms with E-state index in [0.29, 0.717) is 10.9 Å². The smallest absolute Gasteiger partial charge is 0.345 e. The van der Waals surface area contributed by atoms with Gasteiger partial charge in [-0.05, 0) is 22.8 Å². The van der Waals surface area contributed by atoms with Crippen molar-refractivity contribution in [3.63, 3.8) is 0 Å². The van der Waals surface area contributed by atoms with Crippen LogP contribution in [0.2, 0.25) is 20.1 Å². The van der Waals surface area contributed by atoms with Gasteiger partial charge < -0.3 is 4.74 Å². The van der Waals surface area contributed by atoms with Gasteiger partial charge in [-0.15, -0.1) is 0 Å². The van der Waals surface area contributed by atoms with Gasteiger partial charge in [-0.2, -0.15) is 0 Å². The number of hydrogen-bond acceptors (Lipinski definition) is 2. The van der Waals surface area contributed by atoms with Crippen LogP contribution in [-0.2, 0) is 4.79 Å². The number of carbonyl (C=O) groups is 1. The molecule has 0 amide bonds. The third-order valence-electron chi connectivity index (χ3n) is 5.61. The van der Waals surface area contributed by atoms with Crippen molar-refractivity contribution in [1.29, 1.82) is 0 Å². The summed E-state index contributed by atoms with van der Waals surface area (Å²) in [7, 11) is 0. The predicted molar refractivity (Wildman–Crippen MR) is 141 cm³/mol. The first-order chi connectivity index (χ1) is 16.0. The number of rotatable bonds is 3. The molecule has 1 aliphatic rings. The second-order valence-corrected chi connectivity index (χ2v) is 12.2. The van der Waals surface area contributed by atoms with Gasteiger partial charge in [0.1, 0.15) is 5.02 Å². The van der Waals surface area contributed by atoms with Crippen molar-refractivity contribution in [2.24, 2.45) is 0 Å². The first-order valence-corrected chi connectivity index (χ1v) is 13.3. The van der Waals surface area contributed by atoms with Crippen LogP contribution in [0, 0.1) is 0 Å². The maximum absolute atomic E-state index is 13.7. The van der Waals surface area contributed by atoms with Crippen LogP contribution < -0.4 is 20.7 Å². The molecular weight excluding hydrogens is 517 g/mol. The quantitative estimate of drug-likeness (QED) is 0.0962. The molecule has 164 valence electrons. The summed E-state index contributed by atoms with van der Waals surface area (Å²) >= 11 is 26.0. The molecule has 33 heavy (non-hydrogen) atoms. The Labute approximate surface area is 211 Å². The van der Waals surface area contributed by atoms with Crippen LogP contribution in [-0.4, -0.2) is 11.3 Å². The highest BCUT2D eigenvalue weighted by atomic mass is 35.5. The van der Waals surface area contributed by atoms with E-state index in [0.717, 1.165) is 15.9 Å². The molecule has 4 aromatic carbocycles. The molecule has 0 N–H and O–H groups in total. The van der Waals surface area contributed by atoms with Crippen molar-refractivity contribution in [1.82, 2.24) is 0 Å². The molecule has 0 aromatic heterocycles. The van der Waals surface area contributed by atoms with Gasteiger partial charge in [0.25, 0.3) is 0 Å². The molecule has 5 rings (SSSR count). The van der Waals surface area contributed by atoms with Gasteiger partial charge in [-0.3, -0.25) is 0 Å². The lowest BCUT2D eigenvalue weighted by atomic mass is 10.1. The fraction of sp³-hybridized carbons (Fsp3) is 0. The molecule has 1 aliphatic heterocycles. The molecule has 0 fully saturated rings. The maximum atomic E-state index is 13.7. The van der Waals surface area contributed by atoms with Gasteiger partial charge >= 0.3 is 5.97 Å². The molecule has 4 aromatic rings. The van der Waals surface area contributed by atoms with Crippen LogP contribution in [0.25, 0.3) is 0 Å². The van der Waals surface area contributed by atoms with Crippen LogP contribution in [0.5, 0.6) is 5.75 Å². The highest BCUT2D eigenvalue weighted by molar-refractivity contribution is 7.96. The Morgan fingerprint density at radius 3 is 1.36 bits per heavy atom. The van der Waals surface area contributed by atoms with Crippen molar-refractivity contribution >= 4 is 80.5 Å². The average Bonchev–Trinajstić information content (AvgIpc) is 3.21. The number of esters is 1. The zero-order chi connectivity index (χ0) is 23.2. The predicted octanol–water partition coefficient (Wildman–Crippen LogP) is 6.73. The minimum absolute atomic E-state index is 0.0548. The molecule has 2 nitrogen and oxygen atoms in total. The fourth-order valence-electron chi connectivity index (χ4n) is 4.26. The molecule has 0 unspecified atom stereocenters. The molecule has 1 heterocycles. The summed E-state index contributed by atoms with van der Waals surface area (Å²) in [5.41, 5.74) is 0.394. The molecule has 0 bridgehead atoms. The maximum Gasteiger partial charge on any atom is 0.345 e. The Hall–Kier alpha value is -2.19. The zero-order valence-electron chi connectivity index (χ0n) is 16.9. The molecule has 0 saturated carbocycles. The highest BCUT2D eigenvalue weighted by Crippen LogP contribution is 2.55. The zero-order valence-corrected chi connectivity index (χ0v) is 20.9. The number of ether oxygens (including phenoxy) is 1. The van der Waals surface area contributed by atoms with Crippen LogP contribution in [0.4, 0.5) is 0 Å². The lowest BCUT2D eigenvalue weighted by Gasteiger charge is -2.30. The molecule has 7 heteroatoms. The first kappa shape index (κ1) is 22.6. The van der Waals surface area contributed by atoms with Gasteiger partial charge in [-0.25, -0.2) is 4.79 Å².